The van der Waals surface area contributed by atoms with Crippen molar-refractivity contribution in [1.29, 1.82) is 0 Å². The smallest absolute Gasteiger partial charge is 0.220 e. The maximum atomic E-state index is 12.5. The van der Waals surface area contributed by atoms with E-state index in [4.69, 9.17) is 16.0 Å². The van der Waals surface area contributed by atoms with Gasteiger partial charge in [-0.05, 0) is 47.5 Å². The van der Waals surface area contributed by atoms with Gasteiger partial charge in [0.2, 0.25) is 5.91 Å². The summed E-state index contributed by atoms with van der Waals surface area (Å²) >= 11 is 5.92. The lowest BCUT2D eigenvalue weighted by molar-refractivity contribution is -0.121. The Labute approximate surface area is 174 Å². The molecule has 1 N–H and O–H groups in total. The highest BCUT2D eigenvalue weighted by Crippen LogP contribution is 2.25. The number of amides is 1. The summed E-state index contributed by atoms with van der Waals surface area (Å²) in [5.74, 6) is 1.18. The lowest BCUT2D eigenvalue weighted by atomic mass is 9.99. The minimum atomic E-state index is -0.0808. The monoisotopic (exact) mass is 404 g/mol. The van der Waals surface area contributed by atoms with Crippen LogP contribution in [0.3, 0.4) is 0 Å². The summed E-state index contributed by atoms with van der Waals surface area (Å²) in [5, 5.41) is 6.07. The van der Waals surface area contributed by atoms with Gasteiger partial charge < -0.3 is 9.73 Å². The van der Waals surface area contributed by atoms with E-state index >= 15 is 0 Å². The maximum Gasteiger partial charge on any atom is 0.220 e. The molecule has 1 atom stereocenters. The molecule has 0 aliphatic carbocycles. The van der Waals surface area contributed by atoms with Crippen molar-refractivity contribution in [1.82, 2.24) is 10.3 Å². The van der Waals surface area contributed by atoms with Gasteiger partial charge in [-0.1, -0.05) is 54.1 Å². The van der Waals surface area contributed by atoms with Gasteiger partial charge in [0, 0.05) is 23.4 Å². The number of aryl methyl sites for hydroxylation is 1. The molecule has 0 saturated heterocycles. The second-order valence-corrected chi connectivity index (χ2v) is 7.42. The molecule has 0 aliphatic heterocycles. The van der Waals surface area contributed by atoms with E-state index in [1.807, 2.05) is 37.3 Å². The Hall–Kier alpha value is -3.11. The number of nitrogens with zero attached hydrogens (tertiary/aromatic N) is 1. The van der Waals surface area contributed by atoms with Crippen molar-refractivity contribution in [3.8, 4) is 11.3 Å². The predicted octanol–water partition coefficient (Wildman–Crippen LogP) is 5.96. The van der Waals surface area contributed by atoms with Crippen molar-refractivity contribution in [2.24, 2.45) is 0 Å². The molecule has 0 radical (unpaired) electrons. The van der Waals surface area contributed by atoms with Gasteiger partial charge in [0.05, 0.1) is 12.2 Å². The minimum absolute atomic E-state index is 0.0309. The molecule has 29 heavy (non-hydrogen) atoms. The summed E-state index contributed by atoms with van der Waals surface area (Å²) < 4.78 is 5.77. The third-order valence-electron chi connectivity index (χ3n) is 4.92. The number of carbonyl (C=O) groups excluding carboxylic acids is 1. The second kappa shape index (κ2) is 8.50. The van der Waals surface area contributed by atoms with Gasteiger partial charge in [-0.25, -0.2) is 4.98 Å². The zero-order valence-corrected chi connectivity index (χ0v) is 16.8. The Morgan fingerprint density at radius 2 is 1.83 bits per heavy atom. The van der Waals surface area contributed by atoms with Crippen molar-refractivity contribution in [2.75, 3.05) is 0 Å². The van der Waals surface area contributed by atoms with Crippen LogP contribution in [0.2, 0.25) is 5.02 Å². The molecule has 5 heteroatoms. The number of hydrogen-bond acceptors (Lipinski definition) is 3. The lowest BCUT2D eigenvalue weighted by Crippen LogP contribution is -2.27. The van der Waals surface area contributed by atoms with Gasteiger partial charge >= 0.3 is 0 Å². The van der Waals surface area contributed by atoms with Crippen molar-refractivity contribution in [3.05, 3.63) is 89.4 Å². The summed E-state index contributed by atoms with van der Waals surface area (Å²) in [4.78, 5) is 16.7. The number of carbonyl (C=O) groups is 1. The highest BCUT2D eigenvalue weighted by atomic mass is 35.5. The first-order valence-electron chi connectivity index (χ1n) is 9.58. The Balaban J connectivity index is 1.37. The van der Waals surface area contributed by atoms with Crippen molar-refractivity contribution < 1.29 is 9.21 Å². The summed E-state index contributed by atoms with van der Waals surface area (Å²) in [7, 11) is 0. The first-order valence-corrected chi connectivity index (χ1v) is 9.95. The van der Waals surface area contributed by atoms with Crippen LogP contribution in [0.15, 0.2) is 77.3 Å². The Kier molecular flexibility index (Phi) is 5.63. The molecule has 1 heterocycles. The largest absolute Gasteiger partial charge is 0.441 e. The van der Waals surface area contributed by atoms with Crippen LogP contribution in [0.4, 0.5) is 0 Å². The molecule has 3 aromatic carbocycles. The number of hydrogen-bond donors (Lipinski definition) is 1. The van der Waals surface area contributed by atoms with E-state index in [2.05, 4.69) is 34.6 Å². The number of aromatic nitrogens is 1. The SMILES string of the molecule is C[C@H](NC(=O)CCc1ncc(-c2ccc(Cl)cc2)o1)c1cccc2ccccc12. The van der Waals surface area contributed by atoms with E-state index in [1.54, 1.807) is 18.3 Å². The van der Waals surface area contributed by atoms with Crippen LogP contribution in [-0.2, 0) is 11.2 Å². The zero-order chi connectivity index (χ0) is 20.2. The van der Waals surface area contributed by atoms with E-state index in [9.17, 15) is 4.79 Å². The Morgan fingerprint density at radius 1 is 1.07 bits per heavy atom. The molecule has 4 aromatic rings. The highest BCUT2D eigenvalue weighted by Gasteiger charge is 2.14. The molecule has 0 aliphatic rings. The first-order chi connectivity index (χ1) is 14.1. The number of rotatable bonds is 6. The van der Waals surface area contributed by atoms with E-state index in [1.165, 1.54) is 5.39 Å². The van der Waals surface area contributed by atoms with Crippen LogP contribution in [0.5, 0.6) is 0 Å². The molecule has 0 unspecified atom stereocenters. The number of oxazole rings is 1. The number of fused-ring (bicyclic) bond motifs is 1. The molecular weight excluding hydrogens is 384 g/mol. The molecule has 1 amide bonds. The second-order valence-electron chi connectivity index (χ2n) is 6.98. The van der Waals surface area contributed by atoms with Crippen LogP contribution in [0.25, 0.3) is 22.1 Å². The van der Waals surface area contributed by atoms with Crippen molar-refractivity contribution in [2.45, 2.75) is 25.8 Å². The third-order valence-corrected chi connectivity index (χ3v) is 5.17. The van der Waals surface area contributed by atoms with Gasteiger partial charge in [0.1, 0.15) is 0 Å². The van der Waals surface area contributed by atoms with Crippen LogP contribution < -0.4 is 5.32 Å². The minimum Gasteiger partial charge on any atom is -0.441 e. The Morgan fingerprint density at radius 3 is 2.66 bits per heavy atom. The summed E-state index contributed by atoms with van der Waals surface area (Å²) in [5.41, 5.74) is 2.01. The Bertz CT molecular complexity index is 1130. The summed E-state index contributed by atoms with van der Waals surface area (Å²) in [6.45, 7) is 2.00. The zero-order valence-electron chi connectivity index (χ0n) is 16.1. The van der Waals surface area contributed by atoms with Gasteiger partial charge in [-0.15, -0.1) is 0 Å². The van der Waals surface area contributed by atoms with Crippen LogP contribution >= 0.6 is 11.6 Å². The number of halogens is 1. The van der Waals surface area contributed by atoms with Crippen LogP contribution in [-0.4, -0.2) is 10.9 Å². The van der Waals surface area contributed by atoms with Crippen molar-refractivity contribution >= 4 is 28.3 Å². The standard InChI is InChI=1S/C24H21ClN2O2/c1-16(20-8-4-6-17-5-2-3-7-21(17)20)27-23(28)13-14-24-26-15-22(29-24)18-9-11-19(25)12-10-18/h2-12,15-16H,13-14H2,1H3,(H,27,28)/t16-/m0/s1. The lowest BCUT2D eigenvalue weighted by Gasteiger charge is -2.16. The average molecular weight is 405 g/mol. The van der Waals surface area contributed by atoms with Gasteiger partial charge in [0.25, 0.3) is 0 Å². The first kappa shape index (κ1) is 19.2. The molecule has 0 spiro atoms. The molecule has 1 aromatic heterocycles. The quantitative estimate of drug-likeness (QED) is 0.431. The molecule has 0 bridgehead atoms. The predicted molar refractivity (Wildman–Crippen MR) is 116 cm³/mol. The summed E-state index contributed by atoms with van der Waals surface area (Å²) in [6, 6.07) is 21.6. The van der Waals surface area contributed by atoms with Gasteiger partial charge in [-0.3, -0.25) is 4.79 Å². The molecule has 0 fully saturated rings. The average Bonchev–Trinajstić information content (AvgIpc) is 3.21. The number of nitrogens with one attached hydrogen (secondary N) is 1. The molecule has 4 rings (SSSR count). The van der Waals surface area contributed by atoms with Crippen LogP contribution in [0.1, 0.15) is 30.8 Å². The topological polar surface area (TPSA) is 55.1 Å². The summed E-state index contributed by atoms with van der Waals surface area (Å²) in [6.07, 6.45) is 2.44. The van der Waals surface area contributed by atoms with Crippen molar-refractivity contribution in [3.63, 3.8) is 0 Å². The number of benzene rings is 3. The van der Waals surface area contributed by atoms with E-state index in [-0.39, 0.29) is 11.9 Å². The highest BCUT2D eigenvalue weighted by molar-refractivity contribution is 6.30. The van der Waals surface area contributed by atoms with E-state index in [0.717, 1.165) is 16.5 Å². The van der Waals surface area contributed by atoms with Crippen LogP contribution in [0, 0.1) is 0 Å². The fourth-order valence-electron chi connectivity index (χ4n) is 3.41. The molecule has 4 nitrogen and oxygen atoms in total. The van der Waals surface area contributed by atoms with E-state index < -0.39 is 0 Å². The maximum absolute atomic E-state index is 12.5. The molecule has 0 saturated carbocycles. The van der Waals surface area contributed by atoms with Gasteiger partial charge in [0.15, 0.2) is 11.7 Å². The fraction of sp³-hybridized carbons (Fsp3) is 0.167. The fourth-order valence-corrected chi connectivity index (χ4v) is 3.54. The normalized spacial score (nSPS) is 12.1. The van der Waals surface area contributed by atoms with Gasteiger partial charge in [-0.2, -0.15) is 0 Å². The van der Waals surface area contributed by atoms with E-state index in [0.29, 0.717) is 29.5 Å². The third kappa shape index (κ3) is 4.49. The molecule has 146 valence electrons. The molecular formula is C24H21ClN2O2.